The highest BCUT2D eigenvalue weighted by atomic mass is 19.4. The molecule has 2 aromatic carbocycles. The summed E-state index contributed by atoms with van der Waals surface area (Å²) in [6.07, 6.45) is -1.23. The van der Waals surface area contributed by atoms with Crippen molar-refractivity contribution in [2.75, 3.05) is 18.0 Å². The number of carbonyl (C=O) groups is 2. The number of carbonyl (C=O) groups excluding carboxylic acids is 2. The van der Waals surface area contributed by atoms with Gasteiger partial charge in [0.2, 0.25) is 5.91 Å². The van der Waals surface area contributed by atoms with E-state index in [1.165, 1.54) is 45.1 Å². The van der Waals surface area contributed by atoms with Crippen molar-refractivity contribution in [3.8, 4) is 23.0 Å². The minimum Gasteiger partial charge on any atom is -0.337 e. The molecule has 4 heterocycles. The van der Waals surface area contributed by atoms with Crippen LogP contribution in [0.5, 0.6) is 0 Å². The van der Waals surface area contributed by atoms with Gasteiger partial charge in [-0.3, -0.25) is 14.6 Å². The van der Waals surface area contributed by atoms with Crippen molar-refractivity contribution in [2.45, 2.75) is 31.5 Å². The Balaban J connectivity index is 1.29. The minimum atomic E-state index is -4.79. The van der Waals surface area contributed by atoms with E-state index in [4.69, 9.17) is 0 Å². The zero-order valence-corrected chi connectivity index (χ0v) is 22.3. The summed E-state index contributed by atoms with van der Waals surface area (Å²) in [6.45, 7) is 0.368. The first-order chi connectivity index (χ1) is 20.6. The highest BCUT2D eigenvalue weighted by molar-refractivity contribution is 6.02. The molecule has 13 heteroatoms. The lowest BCUT2D eigenvalue weighted by Gasteiger charge is -2.36. The van der Waals surface area contributed by atoms with Crippen LogP contribution in [0.1, 0.15) is 40.0 Å². The Morgan fingerprint density at radius 2 is 1.81 bits per heavy atom. The largest absolute Gasteiger partial charge is 0.417 e. The molecule has 0 bridgehead atoms. The summed E-state index contributed by atoms with van der Waals surface area (Å²) >= 11 is 0. The number of fused-ring (bicyclic) bond motifs is 1. The lowest BCUT2D eigenvalue weighted by Crippen LogP contribution is -2.48. The molecule has 2 amide bonds. The predicted octanol–water partition coefficient (Wildman–Crippen LogP) is 5.30. The number of benzene rings is 2. The van der Waals surface area contributed by atoms with Crippen molar-refractivity contribution in [3.63, 3.8) is 0 Å². The van der Waals surface area contributed by atoms with Crippen LogP contribution in [0.4, 0.5) is 27.6 Å². The van der Waals surface area contributed by atoms with Crippen LogP contribution in [-0.2, 0) is 17.4 Å². The van der Waals surface area contributed by atoms with Crippen molar-refractivity contribution in [2.24, 2.45) is 0 Å². The van der Waals surface area contributed by atoms with Gasteiger partial charge < -0.3 is 9.80 Å². The monoisotopic (exact) mass is 592 g/mol. The Kier molecular flexibility index (Phi) is 6.92. The van der Waals surface area contributed by atoms with Crippen LogP contribution in [0.25, 0.3) is 16.9 Å². The van der Waals surface area contributed by atoms with E-state index >= 15 is 0 Å². The molecule has 1 saturated heterocycles. The third-order valence-corrected chi connectivity index (χ3v) is 7.68. The average molecular weight is 593 g/mol. The molecule has 218 valence electrons. The maximum absolute atomic E-state index is 14.6. The quantitative estimate of drug-likeness (QED) is 0.300. The molecule has 0 saturated carbocycles. The van der Waals surface area contributed by atoms with Crippen molar-refractivity contribution in [1.29, 1.82) is 5.26 Å². The molecule has 0 aliphatic carbocycles. The van der Waals surface area contributed by atoms with Gasteiger partial charge >= 0.3 is 6.18 Å². The maximum Gasteiger partial charge on any atom is 0.417 e. The summed E-state index contributed by atoms with van der Waals surface area (Å²) in [7, 11) is 0. The van der Waals surface area contributed by atoms with Gasteiger partial charge in [0.05, 0.1) is 40.7 Å². The molecule has 2 aromatic heterocycles. The van der Waals surface area contributed by atoms with Gasteiger partial charge in [0.1, 0.15) is 0 Å². The molecule has 0 spiro atoms. The second-order valence-electron chi connectivity index (χ2n) is 10.2. The van der Waals surface area contributed by atoms with Crippen LogP contribution in [0, 0.1) is 23.0 Å². The average Bonchev–Trinajstić information content (AvgIpc) is 3.60. The van der Waals surface area contributed by atoms with Crippen molar-refractivity contribution in [1.82, 2.24) is 19.7 Å². The fraction of sp³-hybridized carbons (Fsp3) is 0.233. The fourth-order valence-electron chi connectivity index (χ4n) is 5.63. The molecule has 1 fully saturated rings. The molecule has 0 atom stereocenters. The smallest absolute Gasteiger partial charge is 0.337 e. The number of nitriles is 1. The zero-order chi connectivity index (χ0) is 30.5. The summed E-state index contributed by atoms with van der Waals surface area (Å²) in [5.74, 6) is -2.95. The number of aromatic nitrogens is 3. The van der Waals surface area contributed by atoms with Gasteiger partial charge in [-0.2, -0.15) is 23.5 Å². The van der Waals surface area contributed by atoms with Gasteiger partial charge in [0.25, 0.3) is 5.91 Å². The summed E-state index contributed by atoms with van der Waals surface area (Å²) in [6, 6.07) is 11.4. The number of alkyl halides is 3. The van der Waals surface area contributed by atoms with E-state index < -0.39 is 40.9 Å². The Labute approximate surface area is 241 Å². The minimum absolute atomic E-state index is 0.0107. The first-order valence-electron chi connectivity index (χ1n) is 13.3. The summed E-state index contributed by atoms with van der Waals surface area (Å²) < 4.78 is 70.9. The number of hydrogen-bond acceptors (Lipinski definition) is 5. The van der Waals surface area contributed by atoms with Gasteiger partial charge in [0.15, 0.2) is 17.3 Å². The van der Waals surface area contributed by atoms with Crippen LogP contribution >= 0.6 is 0 Å². The summed E-state index contributed by atoms with van der Waals surface area (Å²) in [5.41, 5.74) is -0.583. The second-order valence-corrected chi connectivity index (χ2v) is 10.2. The topological polar surface area (TPSA) is 95.1 Å². The molecule has 2 aliphatic rings. The normalized spacial score (nSPS) is 15.5. The van der Waals surface area contributed by atoms with Crippen molar-refractivity contribution in [3.05, 3.63) is 94.9 Å². The van der Waals surface area contributed by atoms with E-state index in [0.29, 0.717) is 29.7 Å². The first-order valence-corrected chi connectivity index (χ1v) is 13.3. The predicted molar refractivity (Wildman–Crippen MR) is 143 cm³/mol. The number of amides is 2. The molecule has 0 N–H and O–H groups in total. The number of piperidine rings is 1. The number of nitrogens with zero attached hydrogens (tertiary/aromatic N) is 6. The maximum atomic E-state index is 14.6. The number of pyridine rings is 1. The van der Waals surface area contributed by atoms with E-state index in [0.717, 1.165) is 18.2 Å². The van der Waals surface area contributed by atoms with Crippen molar-refractivity contribution < 1.29 is 31.5 Å². The third kappa shape index (κ3) is 4.98. The van der Waals surface area contributed by atoms with E-state index in [-0.39, 0.29) is 42.5 Å². The number of rotatable bonds is 4. The highest BCUT2D eigenvalue weighted by Crippen LogP contribution is 2.37. The molecular weight excluding hydrogens is 571 g/mol. The van der Waals surface area contributed by atoms with Gasteiger partial charge in [-0.1, -0.05) is 6.07 Å². The standard InChI is InChI=1S/C30H21F5N6O2/c31-23-6-4-17-12-26(42)40(28(17)27(23)32)20-7-10-39(11-8-20)29(43)24-14-25(19-2-1-9-37-16-19)41(38-24)21-5-3-18(15-36)22(13-21)30(33,34)35/h1-6,9,13-14,16,20H,7-8,10-12H2. The molecule has 6 rings (SSSR count). The van der Waals surface area contributed by atoms with Crippen LogP contribution < -0.4 is 4.90 Å². The number of likely N-dealkylation sites (tertiary alicyclic amines) is 1. The lowest BCUT2D eigenvalue weighted by atomic mass is 10.0. The van der Waals surface area contributed by atoms with Gasteiger partial charge in [-0.05, 0) is 60.9 Å². The molecular formula is C30H21F5N6O2. The fourth-order valence-corrected chi connectivity index (χ4v) is 5.63. The van der Waals surface area contributed by atoms with E-state index in [1.807, 2.05) is 0 Å². The molecule has 4 aromatic rings. The zero-order valence-electron chi connectivity index (χ0n) is 22.3. The van der Waals surface area contributed by atoms with E-state index in [1.54, 1.807) is 18.2 Å². The Bertz CT molecular complexity index is 1790. The van der Waals surface area contributed by atoms with Crippen LogP contribution in [0.15, 0.2) is 60.9 Å². The van der Waals surface area contributed by atoms with Gasteiger partial charge in [-0.15, -0.1) is 0 Å². The van der Waals surface area contributed by atoms with Crippen LogP contribution in [-0.4, -0.2) is 50.6 Å². The van der Waals surface area contributed by atoms with Crippen LogP contribution in [0.3, 0.4) is 0 Å². The summed E-state index contributed by atoms with van der Waals surface area (Å²) in [5, 5.41) is 13.5. The molecule has 43 heavy (non-hydrogen) atoms. The molecule has 2 aliphatic heterocycles. The number of halogens is 5. The second kappa shape index (κ2) is 10.6. The van der Waals surface area contributed by atoms with Crippen LogP contribution in [0.2, 0.25) is 0 Å². The molecule has 0 radical (unpaired) electrons. The lowest BCUT2D eigenvalue weighted by molar-refractivity contribution is -0.137. The summed E-state index contributed by atoms with van der Waals surface area (Å²) in [4.78, 5) is 33.1. The van der Waals surface area contributed by atoms with E-state index in [2.05, 4.69) is 10.1 Å². The molecule has 8 nitrogen and oxygen atoms in total. The third-order valence-electron chi connectivity index (χ3n) is 7.68. The van der Waals surface area contributed by atoms with Gasteiger partial charge in [-0.25, -0.2) is 13.5 Å². The Hall–Kier alpha value is -5.12. The van der Waals surface area contributed by atoms with Crippen molar-refractivity contribution >= 4 is 17.5 Å². The number of hydrogen-bond donors (Lipinski definition) is 0. The first kappa shape index (κ1) is 28.0. The van der Waals surface area contributed by atoms with Gasteiger partial charge in [0, 0.05) is 37.1 Å². The Morgan fingerprint density at radius 1 is 1.05 bits per heavy atom. The van der Waals surface area contributed by atoms with E-state index in [9.17, 15) is 36.8 Å². The number of anilines is 1. The highest BCUT2D eigenvalue weighted by Gasteiger charge is 2.39. The SMILES string of the molecule is N#Cc1ccc(-n2nc(C(=O)N3CCC(N4C(=O)Cc5ccc(F)c(F)c54)CC3)cc2-c2cccnc2)cc1C(F)(F)F. The Morgan fingerprint density at radius 3 is 2.49 bits per heavy atom. The molecule has 0 unspecified atom stereocenters.